The molecule has 1 N–H and O–H groups in total. The lowest BCUT2D eigenvalue weighted by Gasteiger charge is -2.31. The summed E-state index contributed by atoms with van der Waals surface area (Å²) in [5.41, 5.74) is 3.11. The number of methoxy groups -OCH3 is 1. The van der Waals surface area contributed by atoms with E-state index in [1.807, 2.05) is 50.2 Å². The second-order valence-corrected chi connectivity index (χ2v) is 8.51. The number of ketones is 1. The van der Waals surface area contributed by atoms with Crippen LogP contribution in [0.25, 0.3) is 5.76 Å². The minimum absolute atomic E-state index is 0.0974. The van der Waals surface area contributed by atoms with Crippen LogP contribution in [0.3, 0.4) is 0 Å². The zero-order chi connectivity index (χ0) is 23.5. The molecule has 1 unspecified atom stereocenters. The molecule has 1 amide bonds. The van der Waals surface area contributed by atoms with Gasteiger partial charge in [0.25, 0.3) is 11.7 Å². The number of carbonyl (C=O) groups is 2. The minimum Gasteiger partial charge on any atom is -0.507 e. The number of aliphatic hydroxyl groups excluding tert-OH is 1. The molecule has 174 valence electrons. The Balaban J connectivity index is 1.81. The summed E-state index contributed by atoms with van der Waals surface area (Å²) in [5, 5.41) is 11.4. The van der Waals surface area contributed by atoms with Crippen LogP contribution in [-0.2, 0) is 14.3 Å². The number of Topliss-reactive ketones (excluding diaryl/α,β-unsaturated/α-hetero) is 1. The first kappa shape index (κ1) is 23.0. The molecule has 33 heavy (non-hydrogen) atoms. The molecule has 2 aliphatic heterocycles. The van der Waals surface area contributed by atoms with Gasteiger partial charge < -0.3 is 19.5 Å². The maximum absolute atomic E-state index is 13.3. The molecule has 2 aromatic rings. The zero-order valence-corrected chi connectivity index (χ0v) is 19.3. The van der Waals surface area contributed by atoms with Crippen LogP contribution in [0.2, 0.25) is 0 Å². The molecule has 7 heteroatoms. The van der Waals surface area contributed by atoms with E-state index >= 15 is 0 Å². The van der Waals surface area contributed by atoms with Crippen molar-refractivity contribution in [1.82, 2.24) is 9.80 Å². The Labute approximate surface area is 194 Å². The number of para-hydroxylation sites is 1. The summed E-state index contributed by atoms with van der Waals surface area (Å²) in [4.78, 5) is 30.3. The van der Waals surface area contributed by atoms with Gasteiger partial charge in [0, 0.05) is 37.3 Å². The maximum Gasteiger partial charge on any atom is 0.295 e. The topological polar surface area (TPSA) is 79.3 Å². The predicted molar refractivity (Wildman–Crippen MR) is 125 cm³/mol. The van der Waals surface area contributed by atoms with Crippen molar-refractivity contribution in [3.05, 3.63) is 70.3 Å². The van der Waals surface area contributed by atoms with E-state index in [1.165, 1.54) is 0 Å². The summed E-state index contributed by atoms with van der Waals surface area (Å²) in [7, 11) is 1.56. The Bertz CT molecular complexity index is 1090. The number of likely N-dealkylation sites (tertiary alicyclic amines) is 1. The minimum atomic E-state index is -0.734. The fourth-order valence-electron chi connectivity index (χ4n) is 4.54. The fraction of sp³-hybridized carbons (Fsp3) is 0.385. The van der Waals surface area contributed by atoms with Gasteiger partial charge in [0.1, 0.15) is 11.5 Å². The van der Waals surface area contributed by atoms with Gasteiger partial charge in [-0.25, -0.2) is 0 Å². The van der Waals surface area contributed by atoms with Gasteiger partial charge in [-0.3, -0.25) is 14.5 Å². The van der Waals surface area contributed by atoms with Gasteiger partial charge in [0.2, 0.25) is 0 Å². The largest absolute Gasteiger partial charge is 0.507 e. The normalized spacial score (nSPS) is 20.9. The summed E-state index contributed by atoms with van der Waals surface area (Å²) in [5.74, 6) is -0.871. The first-order valence-corrected chi connectivity index (χ1v) is 11.2. The molecule has 0 aliphatic carbocycles. The van der Waals surface area contributed by atoms with Gasteiger partial charge in [-0.15, -0.1) is 0 Å². The van der Waals surface area contributed by atoms with Crippen LogP contribution in [0.15, 0.2) is 48.0 Å². The van der Waals surface area contributed by atoms with Gasteiger partial charge in [-0.1, -0.05) is 35.9 Å². The lowest BCUT2D eigenvalue weighted by atomic mass is 9.93. The average Bonchev–Trinajstić information content (AvgIpc) is 3.09. The molecule has 2 saturated heterocycles. The number of hydrogen-bond acceptors (Lipinski definition) is 6. The van der Waals surface area contributed by atoms with Gasteiger partial charge in [0.05, 0.1) is 31.9 Å². The Morgan fingerprint density at radius 2 is 1.82 bits per heavy atom. The summed E-state index contributed by atoms with van der Waals surface area (Å²) in [6.45, 7) is 7.65. The van der Waals surface area contributed by atoms with E-state index in [-0.39, 0.29) is 11.3 Å². The van der Waals surface area contributed by atoms with E-state index < -0.39 is 17.7 Å². The summed E-state index contributed by atoms with van der Waals surface area (Å²) in [6.07, 6.45) is 0. The van der Waals surface area contributed by atoms with Crippen molar-refractivity contribution in [3.8, 4) is 5.75 Å². The highest BCUT2D eigenvalue weighted by atomic mass is 16.5. The zero-order valence-electron chi connectivity index (χ0n) is 19.3. The molecule has 0 radical (unpaired) electrons. The second-order valence-electron chi connectivity index (χ2n) is 8.51. The van der Waals surface area contributed by atoms with E-state index in [2.05, 4.69) is 4.90 Å². The van der Waals surface area contributed by atoms with Crippen molar-refractivity contribution in [2.45, 2.75) is 19.9 Å². The van der Waals surface area contributed by atoms with Crippen molar-refractivity contribution in [1.29, 1.82) is 0 Å². The van der Waals surface area contributed by atoms with Crippen molar-refractivity contribution in [2.75, 3.05) is 46.5 Å². The highest BCUT2D eigenvalue weighted by molar-refractivity contribution is 6.46. The maximum atomic E-state index is 13.3. The smallest absolute Gasteiger partial charge is 0.295 e. The monoisotopic (exact) mass is 450 g/mol. The number of morpholine rings is 1. The summed E-state index contributed by atoms with van der Waals surface area (Å²) in [6, 6.07) is 12.3. The molecule has 2 aliphatic rings. The molecule has 4 rings (SSSR count). The van der Waals surface area contributed by atoms with Crippen LogP contribution >= 0.6 is 0 Å². The number of carbonyl (C=O) groups excluding carboxylic acids is 2. The van der Waals surface area contributed by atoms with Crippen LogP contribution in [0.4, 0.5) is 0 Å². The van der Waals surface area contributed by atoms with E-state index in [0.29, 0.717) is 43.2 Å². The highest BCUT2D eigenvalue weighted by Crippen LogP contribution is 2.42. The number of nitrogens with zero attached hydrogens (tertiary/aromatic N) is 2. The number of hydrogen-bond donors (Lipinski definition) is 1. The lowest BCUT2D eigenvalue weighted by molar-refractivity contribution is -0.140. The Kier molecular flexibility index (Phi) is 6.81. The van der Waals surface area contributed by atoms with Crippen molar-refractivity contribution >= 4 is 17.4 Å². The first-order chi connectivity index (χ1) is 15.9. The third-order valence-electron chi connectivity index (χ3n) is 6.38. The van der Waals surface area contributed by atoms with Crippen LogP contribution in [0.1, 0.15) is 28.3 Å². The van der Waals surface area contributed by atoms with Gasteiger partial charge >= 0.3 is 0 Å². The van der Waals surface area contributed by atoms with Crippen LogP contribution < -0.4 is 4.74 Å². The van der Waals surface area contributed by atoms with Gasteiger partial charge in [-0.05, 0) is 31.5 Å². The van der Waals surface area contributed by atoms with E-state index in [0.717, 1.165) is 24.2 Å². The Morgan fingerprint density at radius 1 is 1.09 bits per heavy atom. The second kappa shape index (κ2) is 9.77. The van der Waals surface area contributed by atoms with Gasteiger partial charge in [-0.2, -0.15) is 0 Å². The predicted octanol–water partition coefficient (Wildman–Crippen LogP) is 3.07. The van der Waals surface area contributed by atoms with Crippen molar-refractivity contribution in [3.63, 3.8) is 0 Å². The Hall–Kier alpha value is -3.16. The van der Waals surface area contributed by atoms with Crippen LogP contribution in [-0.4, -0.2) is 73.1 Å². The summed E-state index contributed by atoms with van der Waals surface area (Å²) < 4.78 is 11.0. The summed E-state index contributed by atoms with van der Waals surface area (Å²) >= 11 is 0. The molecule has 0 aromatic heterocycles. The number of amides is 1. The van der Waals surface area contributed by atoms with Crippen molar-refractivity contribution < 1.29 is 24.2 Å². The third kappa shape index (κ3) is 4.51. The molecule has 7 nitrogen and oxygen atoms in total. The first-order valence-electron chi connectivity index (χ1n) is 11.2. The van der Waals surface area contributed by atoms with E-state index in [9.17, 15) is 14.7 Å². The van der Waals surface area contributed by atoms with E-state index in [1.54, 1.807) is 18.1 Å². The van der Waals surface area contributed by atoms with Crippen LogP contribution in [0.5, 0.6) is 5.75 Å². The lowest BCUT2D eigenvalue weighted by Crippen LogP contribution is -2.42. The number of ether oxygens (including phenoxy) is 2. The van der Waals surface area contributed by atoms with Crippen LogP contribution in [0, 0.1) is 13.8 Å². The highest BCUT2D eigenvalue weighted by Gasteiger charge is 2.47. The quantitative estimate of drug-likeness (QED) is 0.414. The average molecular weight is 451 g/mol. The van der Waals surface area contributed by atoms with Crippen molar-refractivity contribution in [2.24, 2.45) is 0 Å². The number of benzene rings is 2. The molecular formula is C26H30N2O5. The molecule has 2 heterocycles. The molecule has 0 saturated carbocycles. The fourth-order valence-corrected chi connectivity index (χ4v) is 4.54. The third-order valence-corrected chi connectivity index (χ3v) is 6.38. The molecule has 0 spiro atoms. The number of aliphatic hydroxyl groups is 1. The molecule has 1 atom stereocenters. The standard InChI is InChI=1S/C26H30N2O5/c1-17-8-9-18(2)20(16-17)24(29)22-23(19-6-4-5-7-21(19)32-3)28(26(31)25(22)30)11-10-27-12-14-33-15-13-27/h4-9,16,23,29H,10-15H2,1-3H3. The Morgan fingerprint density at radius 3 is 2.55 bits per heavy atom. The van der Waals surface area contributed by atoms with E-state index in [4.69, 9.17) is 9.47 Å². The molecule has 2 aromatic carbocycles. The SMILES string of the molecule is COc1ccccc1C1C(=C(O)c2cc(C)ccc2C)C(=O)C(=O)N1CCN1CCOCC1. The molecular weight excluding hydrogens is 420 g/mol. The molecule has 0 bridgehead atoms. The molecule has 2 fully saturated rings. The number of aryl methyl sites for hydroxylation is 2. The van der Waals surface area contributed by atoms with Gasteiger partial charge in [0.15, 0.2) is 0 Å². The number of rotatable bonds is 6.